The Kier molecular flexibility index (Phi) is 5.80. The van der Waals surface area contributed by atoms with Gasteiger partial charge in [-0.3, -0.25) is 19.4 Å². The summed E-state index contributed by atoms with van der Waals surface area (Å²) < 4.78 is 0. The van der Waals surface area contributed by atoms with Crippen LogP contribution in [-0.4, -0.2) is 65.3 Å². The van der Waals surface area contributed by atoms with Gasteiger partial charge in [0.2, 0.25) is 5.91 Å². The number of nitrogens with one attached hydrogen (secondary N) is 1. The van der Waals surface area contributed by atoms with Gasteiger partial charge in [-0.1, -0.05) is 36.4 Å². The van der Waals surface area contributed by atoms with Gasteiger partial charge in [-0.25, -0.2) is 4.79 Å². The Balaban J connectivity index is 1.20. The van der Waals surface area contributed by atoms with Crippen molar-refractivity contribution < 1.29 is 14.4 Å². The van der Waals surface area contributed by atoms with E-state index in [0.717, 1.165) is 41.0 Å². The highest BCUT2D eigenvalue weighted by Crippen LogP contribution is 2.39. The Bertz CT molecular complexity index is 1160. The summed E-state index contributed by atoms with van der Waals surface area (Å²) in [4.78, 5) is 44.3. The maximum Gasteiger partial charge on any atom is 0.325 e. The Morgan fingerprint density at radius 1 is 1.03 bits per heavy atom. The van der Waals surface area contributed by atoms with E-state index in [1.807, 2.05) is 48.5 Å². The van der Waals surface area contributed by atoms with E-state index in [2.05, 4.69) is 16.3 Å². The summed E-state index contributed by atoms with van der Waals surface area (Å²) in [5, 5.41) is 11.8. The van der Waals surface area contributed by atoms with Crippen LogP contribution in [0.15, 0.2) is 48.5 Å². The molecule has 1 atom stereocenters. The van der Waals surface area contributed by atoms with Crippen molar-refractivity contribution in [2.45, 2.75) is 31.3 Å². The highest BCUT2D eigenvalue weighted by molar-refractivity contribution is 6.09. The zero-order valence-corrected chi connectivity index (χ0v) is 19.0. The number of benzene rings is 2. The van der Waals surface area contributed by atoms with E-state index in [1.165, 1.54) is 0 Å². The molecule has 4 amide bonds. The van der Waals surface area contributed by atoms with Crippen molar-refractivity contribution in [3.8, 4) is 6.07 Å². The number of nitriles is 1. The highest BCUT2D eigenvalue weighted by Gasteiger charge is 2.54. The second-order valence-electron chi connectivity index (χ2n) is 9.20. The standard InChI is InChI=1S/C26H27N5O3/c27-16-19-7-9-20(10-8-19)17-29-12-14-30(15-13-29)23(32)18-31-24(33)26(28-25(31)34)11-3-5-21-4-1-2-6-22(21)26/h1-2,4,6-10H,3,5,11-15,17-18H2,(H,28,34). The van der Waals surface area contributed by atoms with Crippen molar-refractivity contribution in [2.75, 3.05) is 32.7 Å². The Labute approximate surface area is 198 Å². The molecule has 0 bridgehead atoms. The van der Waals surface area contributed by atoms with Crippen LogP contribution >= 0.6 is 0 Å². The summed E-state index contributed by atoms with van der Waals surface area (Å²) in [5.74, 6) is -0.528. The average Bonchev–Trinajstić information content (AvgIpc) is 3.10. The minimum atomic E-state index is -1.05. The molecule has 0 aromatic heterocycles. The number of hydrogen-bond donors (Lipinski definition) is 1. The van der Waals surface area contributed by atoms with E-state index in [4.69, 9.17) is 5.26 Å². The van der Waals surface area contributed by atoms with Gasteiger partial charge in [-0.05, 0) is 48.1 Å². The first-order valence-corrected chi connectivity index (χ1v) is 11.7. The van der Waals surface area contributed by atoms with Crippen LogP contribution in [-0.2, 0) is 28.1 Å². The third-order valence-electron chi connectivity index (χ3n) is 7.16. The molecule has 0 radical (unpaired) electrons. The molecule has 1 N–H and O–H groups in total. The molecule has 2 aliphatic heterocycles. The minimum Gasteiger partial charge on any atom is -0.339 e. The summed E-state index contributed by atoms with van der Waals surface area (Å²) in [5.41, 5.74) is 2.64. The van der Waals surface area contributed by atoms with Gasteiger partial charge in [-0.15, -0.1) is 0 Å². The fourth-order valence-corrected chi connectivity index (χ4v) is 5.29. The normalized spacial score (nSPS) is 22.4. The monoisotopic (exact) mass is 457 g/mol. The average molecular weight is 458 g/mol. The quantitative estimate of drug-likeness (QED) is 0.709. The van der Waals surface area contributed by atoms with E-state index in [-0.39, 0.29) is 18.4 Å². The van der Waals surface area contributed by atoms with E-state index in [9.17, 15) is 14.4 Å². The maximum absolute atomic E-state index is 13.4. The van der Waals surface area contributed by atoms with Crippen LogP contribution in [0.2, 0.25) is 0 Å². The predicted molar refractivity (Wildman–Crippen MR) is 124 cm³/mol. The van der Waals surface area contributed by atoms with Gasteiger partial charge in [0.05, 0.1) is 11.6 Å². The molecular formula is C26H27N5O3. The zero-order valence-electron chi connectivity index (χ0n) is 19.0. The summed E-state index contributed by atoms with van der Waals surface area (Å²) in [6, 6.07) is 16.9. The predicted octanol–water partition coefficient (Wildman–Crippen LogP) is 1.99. The third-order valence-corrected chi connectivity index (χ3v) is 7.16. The Morgan fingerprint density at radius 2 is 1.76 bits per heavy atom. The molecule has 0 saturated carbocycles. The highest BCUT2D eigenvalue weighted by atomic mass is 16.2. The summed E-state index contributed by atoms with van der Waals surface area (Å²) in [6.45, 7) is 3.04. The van der Waals surface area contributed by atoms with Crippen LogP contribution in [0.5, 0.6) is 0 Å². The van der Waals surface area contributed by atoms with Gasteiger partial charge in [0.25, 0.3) is 5.91 Å². The molecule has 5 rings (SSSR count). The van der Waals surface area contributed by atoms with Gasteiger partial charge in [0.15, 0.2) is 0 Å². The zero-order chi connectivity index (χ0) is 23.7. The van der Waals surface area contributed by atoms with Gasteiger partial charge >= 0.3 is 6.03 Å². The number of carbonyl (C=O) groups is 3. The first-order chi connectivity index (χ1) is 16.5. The lowest BCUT2D eigenvalue weighted by Crippen LogP contribution is -2.52. The van der Waals surface area contributed by atoms with Gasteiger partial charge in [-0.2, -0.15) is 5.26 Å². The van der Waals surface area contributed by atoms with Crippen LogP contribution in [0.3, 0.4) is 0 Å². The molecule has 2 aromatic carbocycles. The maximum atomic E-state index is 13.4. The molecule has 8 nitrogen and oxygen atoms in total. The molecule has 2 heterocycles. The topological polar surface area (TPSA) is 96.8 Å². The molecule has 2 saturated heterocycles. The molecule has 3 aliphatic rings. The summed E-state index contributed by atoms with van der Waals surface area (Å²) >= 11 is 0. The molecule has 1 spiro atoms. The number of imide groups is 1. The van der Waals surface area contributed by atoms with Crippen LogP contribution in [0.4, 0.5) is 4.79 Å². The number of piperazine rings is 1. The lowest BCUT2D eigenvalue weighted by atomic mass is 9.76. The Morgan fingerprint density at radius 3 is 2.50 bits per heavy atom. The third kappa shape index (κ3) is 3.93. The largest absolute Gasteiger partial charge is 0.339 e. The smallest absolute Gasteiger partial charge is 0.325 e. The van der Waals surface area contributed by atoms with E-state index >= 15 is 0 Å². The van der Waals surface area contributed by atoms with Crippen molar-refractivity contribution in [1.82, 2.24) is 20.0 Å². The summed E-state index contributed by atoms with van der Waals surface area (Å²) in [6.07, 6.45) is 2.24. The number of rotatable bonds is 4. The molecule has 174 valence electrons. The number of urea groups is 1. The van der Waals surface area contributed by atoms with Crippen LogP contribution in [0.25, 0.3) is 0 Å². The number of hydrogen-bond acceptors (Lipinski definition) is 5. The number of fused-ring (bicyclic) bond motifs is 2. The van der Waals surface area contributed by atoms with Crippen molar-refractivity contribution >= 4 is 17.8 Å². The Hall–Kier alpha value is -3.70. The molecule has 1 aliphatic carbocycles. The second-order valence-corrected chi connectivity index (χ2v) is 9.20. The molecule has 8 heteroatoms. The fourth-order valence-electron chi connectivity index (χ4n) is 5.29. The molecule has 1 unspecified atom stereocenters. The van der Waals surface area contributed by atoms with Crippen LogP contribution in [0, 0.1) is 11.3 Å². The van der Waals surface area contributed by atoms with Crippen molar-refractivity contribution in [2.24, 2.45) is 0 Å². The number of carbonyl (C=O) groups excluding carboxylic acids is 3. The van der Waals surface area contributed by atoms with E-state index in [1.54, 1.807) is 4.90 Å². The van der Waals surface area contributed by atoms with Gasteiger partial charge < -0.3 is 10.2 Å². The fraction of sp³-hybridized carbons (Fsp3) is 0.385. The van der Waals surface area contributed by atoms with E-state index in [0.29, 0.717) is 38.2 Å². The van der Waals surface area contributed by atoms with Crippen molar-refractivity contribution in [3.63, 3.8) is 0 Å². The number of aryl methyl sites for hydroxylation is 1. The van der Waals surface area contributed by atoms with Gasteiger partial charge in [0.1, 0.15) is 12.1 Å². The SMILES string of the molecule is N#Cc1ccc(CN2CCN(C(=O)CN3C(=O)NC4(CCCc5ccccc54)C3=O)CC2)cc1. The molecule has 34 heavy (non-hydrogen) atoms. The number of amides is 4. The second kappa shape index (κ2) is 8.92. The summed E-state index contributed by atoms with van der Waals surface area (Å²) in [7, 11) is 0. The van der Waals surface area contributed by atoms with E-state index < -0.39 is 11.6 Å². The molecule has 2 fully saturated rings. The lowest BCUT2D eigenvalue weighted by molar-refractivity contribution is -0.140. The molecule has 2 aromatic rings. The van der Waals surface area contributed by atoms with Crippen LogP contribution < -0.4 is 5.32 Å². The lowest BCUT2D eigenvalue weighted by Gasteiger charge is -2.35. The van der Waals surface area contributed by atoms with Crippen molar-refractivity contribution in [1.29, 1.82) is 5.26 Å². The number of nitrogens with zero attached hydrogens (tertiary/aromatic N) is 4. The molecular weight excluding hydrogens is 430 g/mol. The first-order valence-electron chi connectivity index (χ1n) is 11.7. The van der Waals surface area contributed by atoms with Crippen LogP contribution in [0.1, 0.15) is 35.1 Å². The minimum absolute atomic E-state index is 0.206. The first kappa shape index (κ1) is 22.1. The van der Waals surface area contributed by atoms with Gasteiger partial charge in [0, 0.05) is 32.7 Å². The van der Waals surface area contributed by atoms with Crippen molar-refractivity contribution in [3.05, 3.63) is 70.8 Å².